The van der Waals surface area contributed by atoms with Crippen molar-refractivity contribution in [1.82, 2.24) is 20.5 Å². The van der Waals surface area contributed by atoms with Crippen molar-refractivity contribution >= 4 is 28.6 Å². The van der Waals surface area contributed by atoms with E-state index < -0.39 is 5.82 Å². The van der Waals surface area contributed by atoms with Crippen LogP contribution in [0.5, 0.6) is 5.75 Å². The molecular weight excluding hydrogens is 511 g/mol. The van der Waals surface area contributed by atoms with Crippen LogP contribution >= 0.6 is 0 Å². The van der Waals surface area contributed by atoms with Gasteiger partial charge in [0.15, 0.2) is 0 Å². The third kappa shape index (κ3) is 5.98. The van der Waals surface area contributed by atoms with Crippen molar-refractivity contribution in [2.45, 2.75) is 25.7 Å². The topological polar surface area (TPSA) is 115 Å². The summed E-state index contributed by atoms with van der Waals surface area (Å²) in [6.45, 7) is 1.43. The molecule has 5 rings (SSSR count). The number of fused-ring (bicyclic) bond motifs is 6. The van der Waals surface area contributed by atoms with Crippen LogP contribution in [0.1, 0.15) is 45.5 Å². The van der Waals surface area contributed by atoms with Crippen LogP contribution in [0.3, 0.4) is 0 Å². The predicted molar refractivity (Wildman–Crippen MR) is 151 cm³/mol. The van der Waals surface area contributed by atoms with E-state index in [2.05, 4.69) is 15.6 Å². The van der Waals surface area contributed by atoms with Gasteiger partial charge >= 0.3 is 0 Å². The predicted octanol–water partition coefficient (Wildman–Crippen LogP) is 4.39. The van der Waals surface area contributed by atoms with Crippen molar-refractivity contribution in [3.05, 3.63) is 89.4 Å². The summed E-state index contributed by atoms with van der Waals surface area (Å²) < 4.78 is 14.8. The quantitative estimate of drug-likeness (QED) is 0.286. The Labute approximate surface area is 231 Å². The first-order valence-corrected chi connectivity index (χ1v) is 13.4. The second kappa shape index (κ2) is 12.0. The summed E-state index contributed by atoms with van der Waals surface area (Å²) in [4.78, 5) is 43.8. The van der Waals surface area contributed by atoms with E-state index in [9.17, 15) is 23.9 Å². The van der Waals surface area contributed by atoms with Crippen molar-refractivity contribution in [2.24, 2.45) is 0 Å². The summed E-state index contributed by atoms with van der Waals surface area (Å²) in [5.41, 5.74) is 2.77. The summed E-state index contributed by atoms with van der Waals surface area (Å²) in [7, 11) is 0. The number of H-pyrrole nitrogens is 1. The Kier molecular flexibility index (Phi) is 8.10. The molecule has 40 heavy (non-hydrogen) atoms. The van der Waals surface area contributed by atoms with Gasteiger partial charge in [-0.25, -0.2) is 4.39 Å². The normalized spacial score (nSPS) is 15.5. The molecule has 4 bridgehead atoms. The van der Waals surface area contributed by atoms with Gasteiger partial charge in [0, 0.05) is 60.9 Å². The molecule has 1 aliphatic rings. The summed E-state index contributed by atoms with van der Waals surface area (Å²) in [5.74, 6) is -1.31. The fourth-order valence-electron chi connectivity index (χ4n) is 5.01. The molecule has 4 aromatic rings. The average molecular weight is 543 g/mol. The Balaban J connectivity index is 1.38. The van der Waals surface area contributed by atoms with Gasteiger partial charge in [-0.15, -0.1) is 0 Å². The minimum atomic E-state index is -0.561. The van der Waals surface area contributed by atoms with Gasteiger partial charge in [-0.05, 0) is 67.3 Å². The Morgan fingerprint density at radius 1 is 0.875 bits per heavy atom. The molecule has 0 radical (unpaired) electrons. The SMILES string of the molecule is O=C1CCCN(C(=O)c2cccc3cc[nH]c23)CCCNC(=O)c2ccc(F)c(c2)-c2cc(ccc2O)CCN1. The number of halogens is 1. The van der Waals surface area contributed by atoms with Crippen LogP contribution in [0.15, 0.2) is 66.9 Å². The summed E-state index contributed by atoms with van der Waals surface area (Å²) in [6.07, 6.45) is 3.50. The number of hydrogen-bond acceptors (Lipinski definition) is 4. The van der Waals surface area contributed by atoms with Crippen LogP contribution in [0.4, 0.5) is 4.39 Å². The van der Waals surface area contributed by atoms with Gasteiger partial charge < -0.3 is 25.6 Å². The maximum absolute atomic E-state index is 14.8. The molecule has 3 aromatic carbocycles. The number of nitrogens with zero attached hydrogens (tertiary/aromatic N) is 1. The van der Waals surface area contributed by atoms with Crippen LogP contribution in [-0.2, 0) is 11.2 Å². The maximum Gasteiger partial charge on any atom is 0.255 e. The van der Waals surface area contributed by atoms with Crippen molar-refractivity contribution < 1.29 is 23.9 Å². The zero-order valence-electron chi connectivity index (χ0n) is 22.0. The molecule has 0 unspecified atom stereocenters. The number of aromatic hydroxyl groups is 1. The molecule has 0 fully saturated rings. The minimum Gasteiger partial charge on any atom is -0.507 e. The van der Waals surface area contributed by atoms with E-state index in [0.29, 0.717) is 51.0 Å². The fraction of sp³-hybridized carbons (Fsp3) is 0.258. The van der Waals surface area contributed by atoms with Crippen LogP contribution < -0.4 is 10.6 Å². The standard InChI is InChI=1S/C31H31FN4O4/c32-26-9-8-22-19-24(26)25-18-20(7-10-27(25)37)11-14-33-28(38)6-2-16-36(17-3-13-35-30(22)39)31(40)23-5-1-4-21-12-15-34-29(21)23/h1,4-5,7-10,12,15,18-19,34,37H,2-3,6,11,13-14,16-17H2,(H,33,38)(H,35,39). The fourth-order valence-corrected chi connectivity index (χ4v) is 5.01. The van der Waals surface area contributed by atoms with E-state index in [0.717, 1.165) is 16.5 Å². The summed E-state index contributed by atoms with van der Waals surface area (Å²) in [5, 5.41) is 17.1. The first-order chi connectivity index (χ1) is 19.4. The number of phenolic OH excluding ortho intramolecular Hbond substituents is 1. The lowest BCUT2D eigenvalue weighted by molar-refractivity contribution is -0.121. The van der Waals surface area contributed by atoms with Crippen molar-refractivity contribution in [3.8, 4) is 16.9 Å². The number of benzene rings is 3. The van der Waals surface area contributed by atoms with Crippen LogP contribution in [-0.4, -0.2) is 58.9 Å². The third-order valence-corrected chi connectivity index (χ3v) is 7.14. The van der Waals surface area contributed by atoms with Gasteiger partial charge in [-0.1, -0.05) is 18.2 Å². The number of carbonyl (C=O) groups excluding carboxylic acids is 3. The van der Waals surface area contributed by atoms with E-state index >= 15 is 0 Å². The number of carbonyl (C=O) groups is 3. The number of hydrogen-bond donors (Lipinski definition) is 4. The van der Waals surface area contributed by atoms with Gasteiger partial charge in [-0.3, -0.25) is 14.4 Å². The number of nitrogens with one attached hydrogen (secondary N) is 3. The third-order valence-electron chi connectivity index (χ3n) is 7.14. The monoisotopic (exact) mass is 542 g/mol. The van der Waals surface area contributed by atoms with E-state index in [1.54, 1.807) is 29.3 Å². The van der Waals surface area contributed by atoms with Crippen molar-refractivity contribution in [2.75, 3.05) is 26.2 Å². The van der Waals surface area contributed by atoms with Crippen LogP contribution in [0, 0.1) is 5.82 Å². The highest BCUT2D eigenvalue weighted by atomic mass is 19.1. The van der Waals surface area contributed by atoms with Crippen LogP contribution in [0.2, 0.25) is 0 Å². The summed E-state index contributed by atoms with van der Waals surface area (Å²) in [6, 6.07) is 16.4. The van der Waals surface area contributed by atoms with Gasteiger partial charge in [-0.2, -0.15) is 0 Å². The lowest BCUT2D eigenvalue weighted by atomic mass is 9.98. The molecule has 1 aromatic heterocycles. The Morgan fingerprint density at radius 2 is 1.73 bits per heavy atom. The largest absolute Gasteiger partial charge is 0.507 e. The molecule has 9 heteroatoms. The number of amides is 3. The molecule has 3 amide bonds. The Bertz CT molecular complexity index is 1560. The minimum absolute atomic E-state index is 0.102. The molecule has 206 valence electrons. The lowest BCUT2D eigenvalue weighted by Crippen LogP contribution is -2.36. The number of aromatic nitrogens is 1. The molecule has 0 saturated carbocycles. The first-order valence-electron chi connectivity index (χ1n) is 13.4. The molecule has 8 nitrogen and oxygen atoms in total. The van der Waals surface area contributed by atoms with Gasteiger partial charge in [0.1, 0.15) is 11.6 Å². The van der Waals surface area contributed by atoms with Crippen LogP contribution in [0.25, 0.3) is 22.0 Å². The second-order valence-corrected chi connectivity index (χ2v) is 9.90. The first kappa shape index (κ1) is 26.9. The lowest BCUT2D eigenvalue weighted by Gasteiger charge is -2.23. The van der Waals surface area contributed by atoms with E-state index in [1.807, 2.05) is 18.2 Å². The van der Waals surface area contributed by atoms with Gasteiger partial charge in [0.2, 0.25) is 5.91 Å². The highest BCUT2D eigenvalue weighted by Gasteiger charge is 2.20. The number of phenols is 1. The molecule has 0 spiro atoms. The highest BCUT2D eigenvalue weighted by Crippen LogP contribution is 2.33. The van der Waals surface area contributed by atoms with E-state index in [1.165, 1.54) is 24.3 Å². The number of aromatic amines is 1. The molecule has 0 atom stereocenters. The smallest absolute Gasteiger partial charge is 0.255 e. The molecule has 0 saturated heterocycles. The Morgan fingerprint density at radius 3 is 2.60 bits per heavy atom. The second-order valence-electron chi connectivity index (χ2n) is 9.90. The van der Waals surface area contributed by atoms with Crippen molar-refractivity contribution in [3.63, 3.8) is 0 Å². The van der Waals surface area contributed by atoms with Gasteiger partial charge in [0.05, 0.1) is 11.1 Å². The molecule has 0 aliphatic carbocycles. The molecule has 4 N–H and O–H groups in total. The zero-order valence-corrected chi connectivity index (χ0v) is 22.0. The van der Waals surface area contributed by atoms with Crippen molar-refractivity contribution in [1.29, 1.82) is 0 Å². The molecular formula is C31H31FN4O4. The average Bonchev–Trinajstić information content (AvgIpc) is 3.44. The molecule has 1 aliphatic heterocycles. The van der Waals surface area contributed by atoms with Gasteiger partial charge in [0.25, 0.3) is 11.8 Å². The Hall–Kier alpha value is -4.66. The van der Waals surface area contributed by atoms with E-state index in [4.69, 9.17) is 0 Å². The van der Waals surface area contributed by atoms with E-state index in [-0.39, 0.29) is 46.6 Å². The maximum atomic E-state index is 14.8. The number of para-hydroxylation sites is 1. The highest BCUT2D eigenvalue weighted by molar-refractivity contribution is 6.05. The summed E-state index contributed by atoms with van der Waals surface area (Å²) >= 11 is 0. The zero-order chi connectivity index (χ0) is 28.1. The number of rotatable bonds is 1. The molecule has 2 heterocycles.